The van der Waals surface area contributed by atoms with E-state index >= 15 is 0 Å². The normalized spacial score (nSPS) is 10.4. The molecule has 16 heavy (non-hydrogen) atoms. The van der Waals surface area contributed by atoms with Crippen LogP contribution in [-0.4, -0.2) is 22.6 Å². The molecular formula is C9H12BrN3O3. The van der Waals surface area contributed by atoms with Gasteiger partial charge in [-0.25, -0.2) is 0 Å². The summed E-state index contributed by atoms with van der Waals surface area (Å²) in [6.45, 7) is 3.76. The minimum absolute atomic E-state index is 0.410. The van der Waals surface area contributed by atoms with Gasteiger partial charge in [-0.3, -0.25) is 14.9 Å². The second-order valence-corrected chi connectivity index (χ2v) is 4.07. The molecule has 0 saturated carbocycles. The van der Waals surface area contributed by atoms with Crippen LogP contribution in [-0.2, 0) is 6.54 Å². The summed E-state index contributed by atoms with van der Waals surface area (Å²) in [5, 5.41) is 13.7. The van der Waals surface area contributed by atoms with Crippen molar-refractivity contribution in [3.63, 3.8) is 0 Å². The smallest absolute Gasteiger partial charge is 0.315 e. The molecule has 0 aromatic carbocycles. The van der Waals surface area contributed by atoms with Gasteiger partial charge in [0, 0.05) is 29.8 Å². The lowest BCUT2D eigenvalue weighted by Crippen LogP contribution is -2.27. The van der Waals surface area contributed by atoms with Gasteiger partial charge < -0.3 is 9.88 Å². The van der Waals surface area contributed by atoms with Crippen molar-refractivity contribution in [3.05, 3.63) is 37.2 Å². The Hall–Kier alpha value is -1.21. The molecule has 0 aliphatic heterocycles. The summed E-state index contributed by atoms with van der Waals surface area (Å²) in [5.41, 5.74) is -0.989. The van der Waals surface area contributed by atoms with Gasteiger partial charge in [0.05, 0.1) is 4.92 Å². The lowest BCUT2D eigenvalue weighted by molar-refractivity contribution is -0.386. The van der Waals surface area contributed by atoms with Crippen molar-refractivity contribution in [1.29, 1.82) is 0 Å². The van der Waals surface area contributed by atoms with Crippen LogP contribution in [0, 0.1) is 10.1 Å². The second-order valence-electron chi connectivity index (χ2n) is 3.15. The van der Waals surface area contributed by atoms with Crippen molar-refractivity contribution in [2.24, 2.45) is 0 Å². The molecule has 0 fully saturated rings. The number of nitrogens with one attached hydrogen (secondary N) is 1. The first-order chi connectivity index (χ1) is 7.56. The largest absolute Gasteiger partial charge is 0.335 e. The molecule has 0 aliphatic rings. The third-order valence-corrected chi connectivity index (χ3v) is 2.44. The monoisotopic (exact) mass is 289 g/mol. The number of hydrogen-bond acceptors (Lipinski definition) is 4. The predicted molar refractivity (Wildman–Crippen MR) is 63.6 cm³/mol. The number of rotatable bonds is 5. The summed E-state index contributed by atoms with van der Waals surface area (Å²) in [6.07, 6.45) is 1.55. The summed E-state index contributed by atoms with van der Waals surface area (Å²) in [6, 6.07) is 1.21. The third-order valence-electron chi connectivity index (χ3n) is 2.01. The molecule has 0 amide bonds. The van der Waals surface area contributed by atoms with E-state index in [1.165, 1.54) is 10.6 Å². The zero-order valence-corrected chi connectivity index (χ0v) is 10.4. The molecule has 1 aromatic rings. The zero-order valence-electron chi connectivity index (χ0n) is 8.77. The molecule has 7 heteroatoms. The van der Waals surface area contributed by atoms with Crippen LogP contribution in [0.25, 0.3) is 0 Å². The highest BCUT2D eigenvalue weighted by Crippen LogP contribution is 2.13. The van der Waals surface area contributed by atoms with Crippen LogP contribution in [0.15, 0.2) is 21.5 Å². The number of likely N-dealkylation sites (N-methyl/N-ethyl adjacent to an activating group) is 1. The van der Waals surface area contributed by atoms with Gasteiger partial charge in [-0.15, -0.1) is 0 Å². The van der Waals surface area contributed by atoms with E-state index in [1.54, 1.807) is 6.20 Å². The molecule has 0 spiro atoms. The molecule has 1 rings (SSSR count). The van der Waals surface area contributed by atoms with Gasteiger partial charge in [0.25, 0.3) is 0 Å². The second kappa shape index (κ2) is 5.76. The van der Waals surface area contributed by atoms with Gasteiger partial charge in [0.1, 0.15) is 0 Å². The van der Waals surface area contributed by atoms with Crippen molar-refractivity contribution in [2.75, 3.05) is 13.1 Å². The summed E-state index contributed by atoms with van der Waals surface area (Å²) >= 11 is 3.14. The summed E-state index contributed by atoms with van der Waals surface area (Å²) in [5.74, 6) is 0. The number of nitrogens with zero attached hydrogens (tertiary/aromatic N) is 2. The fourth-order valence-electron chi connectivity index (χ4n) is 1.26. The molecule has 1 aromatic heterocycles. The third kappa shape index (κ3) is 3.14. The van der Waals surface area contributed by atoms with E-state index in [1.807, 2.05) is 6.92 Å². The number of aromatic nitrogens is 1. The maximum Gasteiger partial charge on any atom is 0.335 e. The fourth-order valence-corrected chi connectivity index (χ4v) is 1.72. The lowest BCUT2D eigenvalue weighted by atomic mass is 10.4. The number of nitro groups is 1. The van der Waals surface area contributed by atoms with Crippen molar-refractivity contribution in [3.8, 4) is 0 Å². The zero-order chi connectivity index (χ0) is 12.1. The van der Waals surface area contributed by atoms with Crippen LogP contribution in [0.3, 0.4) is 0 Å². The van der Waals surface area contributed by atoms with E-state index in [-0.39, 0.29) is 0 Å². The standard InChI is InChI=1S/C9H12BrN3O3/c1-2-11-3-4-12-6-7(10)5-8(9(12)14)13(15)16/h5-6,11H,2-4H2,1H3. The topological polar surface area (TPSA) is 77.2 Å². The molecule has 0 atom stereocenters. The van der Waals surface area contributed by atoms with Crippen LogP contribution in [0.5, 0.6) is 0 Å². The van der Waals surface area contributed by atoms with Crippen molar-refractivity contribution in [2.45, 2.75) is 13.5 Å². The first kappa shape index (κ1) is 12.9. The van der Waals surface area contributed by atoms with Crippen LogP contribution >= 0.6 is 15.9 Å². The molecule has 0 aliphatic carbocycles. The first-order valence-electron chi connectivity index (χ1n) is 4.81. The van der Waals surface area contributed by atoms with Gasteiger partial charge >= 0.3 is 11.2 Å². The van der Waals surface area contributed by atoms with Crippen LogP contribution in [0.1, 0.15) is 6.92 Å². The van der Waals surface area contributed by atoms with Gasteiger partial charge in [0.2, 0.25) is 0 Å². The van der Waals surface area contributed by atoms with E-state index in [9.17, 15) is 14.9 Å². The average molecular weight is 290 g/mol. The van der Waals surface area contributed by atoms with E-state index < -0.39 is 16.2 Å². The Balaban J connectivity index is 3.00. The Morgan fingerprint density at radius 1 is 1.62 bits per heavy atom. The Morgan fingerprint density at radius 2 is 2.31 bits per heavy atom. The van der Waals surface area contributed by atoms with Crippen molar-refractivity contribution in [1.82, 2.24) is 9.88 Å². The molecule has 6 nitrogen and oxygen atoms in total. The van der Waals surface area contributed by atoms with E-state index in [2.05, 4.69) is 21.2 Å². The molecule has 0 radical (unpaired) electrons. The first-order valence-corrected chi connectivity index (χ1v) is 5.60. The molecule has 0 saturated heterocycles. The Bertz CT molecular complexity index is 444. The molecule has 1 N–H and O–H groups in total. The SMILES string of the molecule is CCNCCn1cc(Br)cc([N+](=O)[O-])c1=O. The Morgan fingerprint density at radius 3 is 2.88 bits per heavy atom. The maximum absolute atomic E-state index is 11.6. The summed E-state index contributed by atoms with van der Waals surface area (Å²) in [7, 11) is 0. The maximum atomic E-state index is 11.6. The summed E-state index contributed by atoms with van der Waals surface area (Å²) < 4.78 is 1.85. The summed E-state index contributed by atoms with van der Waals surface area (Å²) in [4.78, 5) is 21.6. The Labute approximate surface area is 101 Å². The van der Waals surface area contributed by atoms with Crippen molar-refractivity contribution >= 4 is 21.6 Å². The molecular weight excluding hydrogens is 278 g/mol. The quantitative estimate of drug-likeness (QED) is 0.501. The molecule has 1 heterocycles. The highest BCUT2D eigenvalue weighted by Gasteiger charge is 2.15. The van der Waals surface area contributed by atoms with Gasteiger partial charge in [-0.2, -0.15) is 0 Å². The average Bonchev–Trinajstić information content (AvgIpc) is 2.22. The number of halogens is 1. The van der Waals surface area contributed by atoms with Crippen LogP contribution < -0.4 is 10.9 Å². The van der Waals surface area contributed by atoms with Gasteiger partial charge in [-0.05, 0) is 22.5 Å². The highest BCUT2D eigenvalue weighted by atomic mass is 79.9. The molecule has 88 valence electrons. The number of hydrogen-bond donors (Lipinski definition) is 1. The molecule has 0 unspecified atom stereocenters. The minimum atomic E-state index is -0.670. The lowest BCUT2D eigenvalue weighted by Gasteiger charge is -2.06. The van der Waals surface area contributed by atoms with E-state index in [0.717, 1.165) is 6.54 Å². The fraction of sp³-hybridized carbons (Fsp3) is 0.444. The van der Waals surface area contributed by atoms with E-state index in [0.29, 0.717) is 17.6 Å². The Kier molecular flexibility index (Phi) is 4.63. The van der Waals surface area contributed by atoms with Gasteiger partial charge in [0.15, 0.2) is 0 Å². The highest BCUT2D eigenvalue weighted by molar-refractivity contribution is 9.10. The predicted octanol–water partition coefficient (Wildman–Crippen LogP) is 1.13. The molecule has 0 bridgehead atoms. The van der Waals surface area contributed by atoms with Crippen LogP contribution in [0.4, 0.5) is 5.69 Å². The van der Waals surface area contributed by atoms with Gasteiger partial charge in [-0.1, -0.05) is 6.92 Å². The van der Waals surface area contributed by atoms with Crippen molar-refractivity contribution < 1.29 is 4.92 Å². The minimum Gasteiger partial charge on any atom is -0.315 e. The number of pyridine rings is 1. The van der Waals surface area contributed by atoms with E-state index in [4.69, 9.17) is 0 Å². The van der Waals surface area contributed by atoms with Crippen LogP contribution in [0.2, 0.25) is 0 Å².